The summed E-state index contributed by atoms with van der Waals surface area (Å²) in [4.78, 5) is 1.15. The van der Waals surface area contributed by atoms with Gasteiger partial charge in [0.2, 0.25) is 0 Å². The Bertz CT molecular complexity index is 515. The number of hydrogen-bond acceptors (Lipinski definition) is 3. The van der Waals surface area contributed by atoms with Gasteiger partial charge in [0, 0.05) is 11.5 Å². The molecule has 0 radical (unpaired) electrons. The van der Waals surface area contributed by atoms with E-state index < -0.39 is 5.41 Å². The quantitative estimate of drug-likeness (QED) is 0.501. The van der Waals surface area contributed by atoms with Gasteiger partial charge >= 0.3 is 0 Å². The molecule has 1 heterocycles. The predicted molar refractivity (Wildman–Crippen MR) is 98.3 cm³/mol. The van der Waals surface area contributed by atoms with Crippen molar-refractivity contribution in [2.24, 2.45) is 11.8 Å². The molecule has 0 N–H and O–H groups in total. The van der Waals surface area contributed by atoms with E-state index in [1.54, 1.807) is 11.3 Å². The topological polar surface area (TPSA) is 33.0 Å². The summed E-state index contributed by atoms with van der Waals surface area (Å²) in [7, 11) is 0. The lowest BCUT2D eigenvalue weighted by Gasteiger charge is -2.32. The lowest BCUT2D eigenvalue weighted by Crippen LogP contribution is -2.33. The minimum Gasteiger partial charge on any atom is -0.375 e. The summed E-state index contributed by atoms with van der Waals surface area (Å²) in [6.07, 6.45) is 1.74. The first-order valence-electron chi connectivity index (χ1n) is 7.96. The average Bonchev–Trinajstić information content (AvgIpc) is 2.85. The van der Waals surface area contributed by atoms with Crippen LogP contribution in [0.25, 0.3) is 0 Å². The number of nitrogens with zero attached hydrogens (tertiary/aromatic N) is 1. The van der Waals surface area contributed by atoms with Gasteiger partial charge in [0.1, 0.15) is 0 Å². The van der Waals surface area contributed by atoms with Crippen molar-refractivity contribution < 1.29 is 4.74 Å². The summed E-state index contributed by atoms with van der Waals surface area (Å²) in [6.45, 7) is 13.6. The molecule has 0 aliphatic heterocycles. The molecule has 0 amide bonds. The van der Waals surface area contributed by atoms with Crippen LogP contribution in [-0.4, -0.2) is 12.2 Å². The van der Waals surface area contributed by atoms with E-state index in [2.05, 4.69) is 69.6 Å². The standard InChI is InChI=1S/C18H28BrNOS/c1-13(2)17(5,6)21-11-7-10-18(12-20,14(3)4)15-8-9-16(19)22-15/h8-9,13-14H,7,10-11H2,1-6H3. The Labute approximate surface area is 148 Å². The lowest BCUT2D eigenvalue weighted by atomic mass is 9.74. The average molecular weight is 386 g/mol. The molecule has 0 aliphatic rings. The summed E-state index contributed by atoms with van der Waals surface area (Å²) in [5, 5.41) is 9.86. The summed E-state index contributed by atoms with van der Waals surface area (Å²) in [5.41, 5.74) is -0.527. The molecule has 2 nitrogen and oxygen atoms in total. The van der Waals surface area contributed by atoms with Crippen molar-refractivity contribution in [3.05, 3.63) is 20.8 Å². The molecule has 1 rings (SSSR count). The fraction of sp³-hybridized carbons (Fsp3) is 0.722. The van der Waals surface area contributed by atoms with Gasteiger partial charge in [0.25, 0.3) is 0 Å². The lowest BCUT2D eigenvalue weighted by molar-refractivity contribution is -0.0526. The highest BCUT2D eigenvalue weighted by Crippen LogP contribution is 2.41. The Morgan fingerprint density at radius 3 is 2.27 bits per heavy atom. The van der Waals surface area contributed by atoms with Crippen LogP contribution in [-0.2, 0) is 10.2 Å². The molecule has 0 fully saturated rings. The maximum atomic E-state index is 9.86. The van der Waals surface area contributed by atoms with Crippen LogP contribution in [0.2, 0.25) is 0 Å². The highest BCUT2D eigenvalue weighted by Gasteiger charge is 2.37. The molecular weight excluding hydrogens is 358 g/mol. The molecule has 1 aromatic rings. The van der Waals surface area contributed by atoms with Gasteiger partial charge < -0.3 is 4.74 Å². The predicted octanol–water partition coefficient (Wildman–Crippen LogP) is 6.16. The molecule has 0 bridgehead atoms. The van der Waals surface area contributed by atoms with E-state index in [9.17, 15) is 5.26 Å². The second kappa shape index (κ2) is 7.95. The second-order valence-electron chi connectivity index (χ2n) is 7.05. The Kier molecular flexibility index (Phi) is 7.11. The summed E-state index contributed by atoms with van der Waals surface area (Å²) in [6, 6.07) is 6.71. The van der Waals surface area contributed by atoms with Gasteiger partial charge in [-0.05, 0) is 66.6 Å². The SMILES string of the molecule is CC(C)C(C)(C)OCCCC(C#N)(c1ccc(Br)s1)C(C)C. The van der Waals surface area contributed by atoms with Crippen molar-refractivity contribution in [2.75, 3.05) is 6.61 Å². The first-order valence-corrected chi connectivity index (χ1v) is 9.57. The van der Waals surface area contributed by atoms with E-state index in [1.165, 1.54) is 0 Å². The molecule has 1 unspecified atom stereocenters. The molecule has 1 atom stereocenters. The molecule has 0 saturated heterocycles. The van der Waals surface area contributed by atoms with Gasteiger partial charge in [-0.3, -0.25) is 0 Å². The van der Waals surface area contributed by atoms with Crippen LogP contribution in [0.4, 0.5) is 0 Å². The van der Waals surface area contributed by atoms with Crippen molar-refractivity contribution in [1.29, 1.82) is 5.26 Å². The Morgan fingerprint density at radius 2 is 1.86 bits per heavy atom. The number of halogens is 1. The zero-order chi connectivity index (χ0) is 17.0. The molecule has 1 aromatic heterocycles. The van der Waals surface area contributed by atoms with Gasteiger partial charge in [-0.25, -0.2) is 0 Å². The molecule has 22 heavy (non-hydrogen) atoms. The molecule has 0 aliphatic carbocycles. The first-order chi connectivity index (χ1) is 10.2. The molecule has 0 spiro atoms. The third-order valence-electron chi connectivity index (χ3n) is 4.78. The van der Waals surface area contributed by atoms with Crippen molar-refractivity contribution in [3.63, 3.8) is 0 Å². The third-order valence-corrected chi connectivity index (χ3v) is 6.58. The maximum Gasteiger partial charge on any atom is 0.0938 e. The molecule has 0 aromatic carbocycles. The zero-order valence-corrected chi connectivity index (χ0v) is 17.0. The smallest absolute Gasteiger partial charge is 0.0938 e. The van der Waals surface area contributed by atoms with E-state index in [4.69, 9.17) is 4.74 Å². The Balaban J connectivity index is 2.75. The van der Waals surface area contributed by atoms with Gasteiger partial charge in [0.15, 0.2) is 0 Å². The number of thiophene rings is 1. The highest BCUT2D eigenvalue weighted by molar-refractivity contribution is 9.11. The zero-order valence-electron chi connectivity index (χ0n) is 14.6. The van der Waals surface area contributed by atoms with E-state index in [0.29, 0.717) is 12.5 Å². The highest BCUT2D eigenvalue weighted by atomic mass is 79.9. The van der Waals surface area contributed by atoms with E-state index in [0.717, 1.165) is 21.5 Å². The Morgan fingerprint density at radius 1 is 1.23 bits per heavy atom. The van der Waals surface area contributed by atoms with Crippen LogP contribution in [0.1, 0.15) is 59.3 Å². The van der Waals surface area contributed by atoms with Crippen LogP contribution in [0.15, 0.2) is 15.9 Å². The molecular formula is C18H28BrNOS. The minimum atomic E-state index is -0.415. The molecule has 4 heteroatoms. The van der Waals surface area contributed by atoms with E-state index in [-0.39, 0.29) is 11.5 Å². The fourth-order valence-electron chi connectivity index (χ4n) is 2.34. The van der Waals surface area contributed by atoms with Crippen LogP contribution in [0, 0.1) is 23.2 Å². The molecule has 124 valence electrons. The van der Waals surface area contributed by atoms with Gasteiger partial charge in [-0.15, -0.1) is 11.3 Å². The number of rotatable bonds is 8. The van der Waals surface area contributed by atoms with Crippen molar-refractivity contribution >= 4 is 27.3 Å². The monoisotopic (exact) mass is 385 g/mol. The normalized spacial score (nSPS) is 15.1. The number of nitriles is 1. The van der Waals surface area contributed by atoms with Crippen molar-refractivity contribution in [1.82, 2.24) is 0 Å². The van der Waals surface area contributed by atoms with Crippen molar-refractivity contribution in [2.45, 2.75) is 65.4 Å². The van der Waals surface area contributed by atoms with Crippen LogP contribution in [0.5, 0.6) is 0 Å². The summed E-state index contributed by atoms with van der Waals surface area (Å²) < 4.78 is 7.12. The van der Waals surface area contributed by atoms with Gasteiger partial charge in [0.05, 0.1) is 20.9 Å². The molecule has 0 saturated carbocycles. The maximum absolute atomic E-state index is 9.86. The van der Waals surface area contributed by atoms with Crippen molar-refractivity contribution in [3.8, 4) is 6.07 Å². The van der Waals surface area contributed by atoms with Gasteiger partial charge in [-0.2, -0.15) is 5.26 Å². The number of ether oxygens (including phenoxy) is 1. The largest absolute Gasteiger partial charge is 0.375 e. The van der Waals surface area contributed by atoms with Gasteiger partial charge in [-0.1, -0.05) is 27.7 Å². The number of hydrogen-bond donors (Lipinski definition) is 0. The van der Waals surface area contributed by atoms with Crippen LogP contribution >= 0.6 is 27.3 Å². The Hall–Kier alpha value is -0.370. The minimum absolute atomic E-state index is 0.112. The van der Waals surface area contributed by atoms with E-state index >= 15 is 0 Å². The first kappa shape index (κ1) is 19.7. The fourth-order valence-corrected chi connectivity index (χ4v) is 4.05. The van der Waals surface area contributed by atoms with E-state index in [1.807, 2.05) is 6.07 Å². The summed E-state index contributed by atoms with van der Waals surface area (Å²) >= 11 is 5.18. The second-order valence-corrected chi connectivity index (χ2v) is 9.51. The van der Waals surface area contributed by atoms with Crippen LogP contribution < -0.4 is 0 Å². The third kappa shape index (κ3) is 4.57. The summed E-state index contributed by atoms with van der Waals surface area (Å²) in [5.74, 6) is 0.757. The van der Waals surface area contributed by atoms with Crippen LogP contribution in [0.3, 0.4) is 0 Å².